The van der Waals surface area contributed by atoms with Gasteiger partial charge in [-0.05, 0) is 32.7 Å². The molecule has 0 amide bonds. The molecule has 3 rings (SSSR count). The van der Waals surface area contributed by atoms with E-state index in [9.17, 15) is 4.79 Å². The topological polar surface area (TPSA) is 76.6 Å². The third kappa shape index (κ3) is 2.97. The molecule has 2 aliphatic rings. The molecule has 23 heavy (non-hydrogen) atoms. The number of carbonyl (C=O) groups excluding carboxylic acids is 1. The van der Waals surface area contributed by atoms with Crippen LogP contribution in [0.2, 0.25) is 0 Å². The van der Waals surface area contributed by atoms with E-state index >= 15 is 0 Å². The van der Waals surface area contributed by atoms with Gasteiger partial charge in [0.25, 0.3) is 0 Å². The fourth-order valence-corrected chi connectivity index (χ4v) is 3.67. The summed E-state index contributed by atoms with van der Waals surface area (Å²) in [5.74, 6) is 1.03. The largest absolute Gasteiger partial charge is 0.481 e. The number of aromatic nitrogens is 2. The van der Waals surface area contributed by atoms with Crippen molar-refractivity contribution in [3.63, 3.8) is 0 Å². The van der Waals surface area contributed by atoms with Gasteiger partial charge in [0.05, 0.1) is 13.7 Å². The highest BCUT2D eigenvalue weighted by molar-refractivity contribution is 5.79. The minimum atomic E-state index is -0.515. The number of methoxy groups -OCH3 is 1. The zero-order valence-corrected chi connectivity index (χ0v) is 13.7. The molecule has 0 radical (unpaired) electrons. The monoisotopic (exact) mass is 320 g/mol. The molecule has 3 heterocycles. The maximum Gasteiger partial charge on any atom is 0.315 e. The molecule has 0 aromatic carbocycles. The molecule has 1 aromatic heterocycles. The number of carbonyl (C=O) groups is 1. The van der Waals surface area contributed by atoms with Crippen LogP contribution in [0, 0.1) is 5.41 Å². The molecule has 2 aliphatic heterocycles. The molecule has 2 fully saturated rings. The number of fused-ring (bicyclic) bond motifs is 1. The first-order chi connectivity index (χ1) is 11.2. The van der Waals surface area contributed by atoms with Crippen molar-refractivity contribution >= 4 is 11.9 Å². The summed E-state index contributed by atoms with van der Waals surface area (Å²) in [5, 5.41) is 3.50. The first-order valence-electron chi connectivity index (χ1n) is 8.22. The maximum atomic E-state index is 12.7. The number of hydrogen-bond donors (Lipinski definition) is 1. The van der Waals surface area contributed by atoms with E-state index in [0.29, 0.717) is 25.0 Å². The van der Waals surface area contributed by atoms with Crippen LogP contribution >= 0.6 is 0 Å². The minimum Gasteiger partial charge on any atom is -0.481 e. The third-order valence-corrected chi connectivity index (χ3v) is 4.81. The number of anilines is 1. The smallest absolute Gasteiger partial charge is 0.315 e. The third-order valence-electron chi connectivity index (χ3n) is 4.81. The average molecular weight is 320 g/mol. The van der Waals surface area contributed by atoms with E-state index in [1.807, 2.05) is 6.92 Å². The Kier molecular flexibility index (Phi) is 4.66. The molecule has 2 atom stereocenters. The zero-order chi connectivity index (χ0) is 16.3. The van der Waals surface area contributed by atoms with Crippen molar-refractivity contribution in [2.75, 3.05) is 38.3 Å². The van der Waals surface area contributed by atoms with Crippen LogP contribution in [-0.4, -0.2) is 55.3 Å². The van der Waals surface area contributed by atoms with Crippen LogP contribution in [0.5, 0.6) is 5.88 Å². The summed E-state index contributed by atoms with van der Waals surface area (Å²) < 4.78 is 10.6. The van der Waals surface area contributed by atoms with E-state index in [0.717, 1.165) is 32.4 Å². The van der Waals surface area contributed by atoms with Gasteiger partial charge < -0.3 is 19.7 Å². The Bertz CT molecular complexity index is 568. The van der Waals surface area contributed by atoms with Gasteiger partial charge in [0.1, 0.15) is 5.41 Å². The molecule has 1 N–H and O–H groups in total. The van der Waals surface area contributed by atoms with E-state index in [-0.39, 0.29) is 12.0 Å². The lowest BCUT2D eigenvalue weighted by atomic mass is 9.70. The highest BCUT2D eigenvalue weighted by Crippen LogP contribution is 2.39. The normalized spacial score (nSPS) is 27.2. The Morgan fingerprint density at radius 2 is 2.43 bits per heavy atom. The predicted octanol–water partition coefficient (Wildman–Crippen LogP) is 0.997. The van der Waals surface area contributed by atoms with Gasteiger partial charge in [-0.1, -0.05) is 0 Å². The number of piperidine rings is 2. The van der Waals surface area contributed by atoms with Crippen molar-refractivity contribution in [3.05, 3.63) is 12.3 Å². The molecule has 0 bridgehead atoms. The molecule has 7 heteroatoms. The van der Waals surface area contributed by atoms with Crippen molar-refractivity contribution in [3.8, 4) is 5.88 Å². The molecule has 2 unspecified atom stereocenters. The molecular formula is C16H24N4O3. The highest BCUT2D eigenvalue weighted by Gasteiger charge is 2.52. The lowest BCUT2D eigenvalue weighted by molar-refractivity contribution is -0.159. The highest BCUT2D eigenvalue weighted by atomic mass is 16.5. The lowest BCUT2D eigenvalue weighted by Crippen LogP contribution is -2.63. The fourth-order valence-electron chi connectivity index (χ4n) is 3.67. The number of nitrogens with zero attached hydrogens (tertiary/aromatic N) is 3. The number of rotatable bonds is 4. The molecule has 7 nitrogen and oxygen atoms in total. The molecule has 1 aromatic rings. The zero-order valence-electron chi connectivity index (χ0n) is 13.7. The van der Waals surface area contributed by atoms with Gasteiger partial charge >= 0.3 is 5.97 Å². The summed E-state index contributed by atoms with van der Waals surface area (Å²) in [4.78, 5) is 23.5. The van der Waals surface area contributed by atoms with E-state index in [4.69, 9.17) is 9.47 Å². The summed E-state index contributed by atoms with van der Waals surface area (Å²) in [5.41, 5.74) is -0.515. The van der Waals surface area contributed by atoms with Gasteiger partial charge in [-0.25, -0.2) is 4.98 Å². The van der Waals surface area contributed by atoms with E-state index < -0.39 is 5.41 Å². The van der Waals surface area contributed by atoms with Crippen LogP contribution in [0.4, 0.5) is 5.95 Å². The van der Waals surface area contributed by atoms with Crippen LogP contribution in [0.15, 0.2) is 12.3 Å². The van der Waals surface area contributed by atoms with Crippen LogP contribution in [-0.2, 0) is 9.53 Å². The second kappa shape index (κ2) is 6.70. The lowest BCUT2D eigenvalue weighted by Gasteiger charge is -2.49. The average Bonchev–Trinajstić information content (AvgIpc) is 2.61. The van der Waals surface area contributed by atoms with E-state index in [2.05, 4.69) is 20.2 Å². The van der Waals surface area contributed by atoms with Gasteiger partial charge in [0.15, 0.2) is 0 Å². The molecule has 0 aliphatic carbocycles. The number of ether oxygens (including phenoxy) is 2. The molecular weight excluding hydrogens is 296 g/mol. The predicted molar refractivity (Wildman–Crippen MR) is 85.5 cm³/mol. The molecule has 0 saturated carbocycles. The van der Waals surface area contributed by atoms with E-state index in [1.165, 1.54) is 0 Å². The van der Waals surface area contributed by atoms with Crippen LogP contribution < -0.4 is 15.0 Å². The summed E-state index contributed by atoms with van der Waals surface area (Å²) in [7, 11) is 1.59. The second-order valence-corrected chi connectivity index (χ2v) is 6.10. The Labute approximate surface area is 136 Å². The molecule has 0 spiro atoms. The number of nitrogens with one attached hydrogen (secondary N) is 1. The number of esters is 1. The van der Waals surface area contributed by atoms with Crippen molar-refractivity contribution in [1.82, 2.24) is 15.3 Å². The minimum absolute atomic E-state index is 0.107. The first kappa shape index (κ1) is 16.0. The number of hydrogen-bond acceptors (Lipinski definition) is 7. The van der Waals surface area contributed by atoms with Crippen LogP contribution in [0.1, 0.15) is 26.2 Å². The Hall–Kier alpha value is -1.89. The maximum absolute atomic E-state index is 12.7. The van der Waals surface area contributed by atoms with Crippen LogP contribution in [0.3, 0.4) is 0 Å². The fraction of sp³-hybridized carbons (Fsp3) is 0.688. The van der Waals surface area contributed by atoms with Crippen LogP contribution in [0.25, 0.3) is 0 Å². The van der Waals surface area contributed by atoms with Gasteiger partial charge in [-0.2, -0.15) is 4.98 Å². The standard InChI is InChI=1S/C16H24N4O3/c1-3-23-14(21)16-7-4-8-17-12(16)6-10-20(11-16)15-18-9-5-13(19-15)22-2/h5,9,12,17H,3-4,6-8,10-11H2,1-2H3. The van der Waals surface area contributed by atoms with Gasteiger partial charge in [-0.15, -0.1) is 0 Å². The van der Waals surface area contributed by atoms with Crippen molar-refractivity contribution < 1.29 is 14.3 Å². The molecule has 126 valence electrons. The summed E-state index contributed by atoms with van der Waals surface area (Å²) in [6, 6.07) is 1.89. The summed E-state index contributed by atoms with van der Waals surface area (Å²) in [6.07, 6.45) is 4.37. The van der Waals surface area contributed by atoms with Gasteiger partial charge in [-0.3, -0.25) is 4.79 Å². The van der Waals surface area contributed by atoms with Crippen molar-refractivity contribution in [1.29, 1.82) is 0 Å². The van der Waals surface area contributed by atoms with Crippen molar-refractivity contribution in [2.24, 2.45) is 5.41 Å². The quantitative estimate of drug-likeness (QED) is 0.829. The van der Waals surface area contributed by atoms with E-state index in [1.54, 1.807) is 19.4 Å². The Morgan fingerprint density at radius 3 is 3.22 bits per heavy atom. The van der Waals surface area contributed by atoms with Crippen molar-refractivity contribution in [2.45, 2.75) is 32.2 Å². The summed E-state index contributed by atoms with van der Waals surface area (Å²) >= 11 is 0. The first-order valence-corrected chi connectivity index (χ1v) is 8.22. The van der Waals surface area contributed by atoms with Gasteiger partial charge in [0.2, 0.25) is 11.8 Å². The summed E-state index contributed by atoms with van der Waals surface area (Å²) in [6.45, 7) is 4.61. The Morgan fingerprint density at radius 1 is 1.57 bits per heavy atom. The Balaban J connectivity index is 1.86. The molecule has 2 saturated heterocycles. The van der Waals surface area contributed by atoms with Gasteiger partial charge in [0, 0.05) is 31.4 Å². The second-order valence-electron chi connectivity index (χ2n) is 6.10. The SMILES string of the molecule is CCOC(=O)C12CCCNC1CCN(c1nccc(OC)n1)C2.